The van der Waals surface area contributed by atoms with E-state index in [2.05, 4.69) is 10.3 Å². The summed E-state index contributed by atoms with van der Waals surface area (Å²) >= 11 is 0.264. The van der Waals surface area contributed by atoms with Crippen LogP contribution in [0.2, 0.25) is 0 Å². The molecule has 0 aliphatic rings. The van der Waals surface area contributed by atoms with Crippen molar-refractivity contribution >= 4 is 44.2 Å². The summed E-state index contributed by atoms with van der Waals surface area (Å²) in [6.45, 7) is -0.237. The quantitative estimate of drug-likeness (QED) is 0.629. The molecule has 0 atom stereocenters. The van der Waals surface area contributed by atoms with Gasteiger partial charge in [-0.15, -0.1) is 0 Å². The topological polar surface area (TPSA) is 81.1 Å². The van der Waals surface area contributed by atoms with Crippen LogP contribution in [0.3, 0.4) is 0 Å². The fourth-order valence-electron chi connectivity index (χ4n) is 2.52. The minimum Gasteiger partial charge on any atom is -0.324 e. The number of alkyl halides is 2. The second kappa shape index (κ2) is 7.65. The molecule has 142 valence electrons. The molecule has 0 radical (unpaired) electrons. The monoisotopic (exact) mass is 411 g/mol. The number of halogens is 2. The van der Waals surface area contributed by atoms with Gasteiger partial charge in [0.25, 0.3) is 5.76 Å². The molecule has 1 N–H and O–H groups in total. The number of rotatable bonds is 6. The summed E-state index contributed by atoms with van der Waals surface area (Å²) in [5, 5.41) is 2.62. The van der Waals surface area contributed by atoms with Crippen molar-refractivity contribution in [2.75, 3.05) is 11.6 Å². The largest absolute Gasteiger partial charge is 0.324 e. The van der Waals surface area contributed by atoms with Gasteiger partial charge in [0.1, 0.15) is 6.54 Å². The molecule has 2 aromatic carbocycles. The van der Waals surface area contributed by atoms with Gasteiger partial charge in [0.15, 0.2) is 15.0 Å². The van der Waals surface area contributed by atoms with Crippen LogP contribution < -0.4 is 5.32 Å². The first kappa shape index (κ1) is 19.3. The van der Waals surface area contributed by atoms with Gasteiger partial charge in [-0.3, -0.25) is 4.79 Å². The van der Waals surface area contributed by atoms with E-state index in [9.17, 15) is 22.0 Å². The Morgan fingerprint density at radius 2 is 1.96 bits per heavy atom. The Kier molecular flexibility index (Phi) is 5.47. The average molecular weight is 411 g/mol. The van der Waals surface area contributed by atoms with Crippen LogP contribution in [0.25, 0.3) is 11.0 Å². The van der Waals surface area contributed by atoms with Gasteiger partial charge in [0.05, 0.1) is 15.9 Å². The minimum absolute atomic E-state index is 0.0336. The standard InChI is InChI=1S/C17H15F2N3O3S2/c1-27(24,25)12-6-4-5-11(9-12)20-15(23)10-22-14-8-3-2-7-13(14)21-17(22)26-16(18)19/h2-9,16H,10H2,1H3,(H,20,23). The van der Waals surface area contributed by atoms with Crippen LogP contribution in [0.15, 0.2) is 58.6 Å². The first-order valence-electron chi connectivity index (χ1n) is 7.74. The third kappa shape index (κ3) is 4.64. The van der Waals surface area contributed by atoms with Crippen molar-refractivity contribution in [3.8, 4) is 0 Å². The van der Waals surface area contributed by atoms with Crippen molar-refractivity contribution in [1.29, 1.82) is 0 Å². The van der Waals surface area contributed by atoms with E-state index >= 15 is 0 Å². The molecule has 0 saturated carbocycles. The molecular formula is C17H15F2N3O3S2. The molecule has 0 aliphatic heterocycles. The van der Waals surface area contributed by atoms with E-state index in [0.29, 0.717) is 16.7 Å². The van der Waals surface area contributed by atoms with Gasteiger partial charge in [-0.2, -0.15) is 8.78 Å². The number of nitrogens with zero attached hydrogens (tertiary/aromatic N) is 2. The number of para-hydroxylation sites is 2. The summed E-state index contributed by atoms with van der Waals surface area (Å²) < 4.78 is 50.3. The number of nitrogens with one attached hydrogen (secondary N) is 1. The summed E-state index contributed by atoms with van der Waals surface area (Å²) in [5.74, 6) is -3.16. The summed E-state index contributed by atoms with van der Waals surface area (Å²) in [7, 11) is -3.41. The van der Waals surface area contributed by atoms with Gasteiger partial charge in [-0.05, 0) is 42.1 Å². The molecule has 1 amide bonds. The van der Waals surface area contributed by atoms with E-state index < -0.39 is 21.5 Å². The molecule has 0 spiro atoms. The Hall–Kier alpha value is -2.46. The Bertz CT molecular complexity index is 1100. The number of amides is 1. The van der Waals surface area contributed by atoms with Crippen molar-refractivity contribution in [2.24, 2.45) is 0 Å². The molecule has 1 aromatic heterocycles. The van der Waals surface area contributed by atoms with Gasteiger partial charge >= 0.3 is 0 Å². The Morgan fingerprint density at radius 1 is 1.22 bits per heavy atom. The number of carbonyl (C=O) groups is 1. The molecule has 27 heavy (non-hydrogen) atoms. The molecule has 0 fully saturated rings. The number of hydrogen-bond acceptors (Lipinski definition) is 5. The summed E-state index contributed by atoms with van der Waals surface area (Å²) in [6.07, 6.45) is 1.07. The smallest absolute Gasteiger partial charge is 0.291 e. The number of fused-ring (bicyclic) bond motifs is 1. The molecular weight excluding hydrogens is 396 g/mol. The van der Waals surface area contributed by atoms with Crippen molar-refractivity contribution in [2.45, 2.75) is 22.4 Å². The lowest BCUT2D eigenvalue weighted by atomic mass is 10.3. The third-order valence-corrected chi connectivity index (χ3v) is 5.47. The highest BCUT2D eigenvalue weighted by atomic mass is 32.2. The van der Waals surface area contributed by atoms with Gasteiger partial charge in [0.2, 0.25) is 5.91 Å². The molecule has 0 bridgehead atoms. The van der Waals surface area contributed by atoms with Crippen LogP contribution in [0, 0.1) is 0 Å². The highest BCUT2D eigenvalue weighted by molar-refractivity contribution is 7.99. The molecule has 3 rings (SSSR count). The van der Waals surface area contributed by atoms with E-state index in [-0.39, 0.29) is 28.4 Å². The number of benzene rings is 2. The predicted octanol–water partition coefficient (Wildman–Crippen LogP) is 3.39. The number of aromatic nitrogens is 2. The van der Waals surface area contributed by atoms with E-state index in [1.54, 1.807) is 30.3 Å². The van der Waals surface area contributed by atoms with Gasteiger partial charge < -0.3 is 9.88 Å². The van der Waals surface area contributed by atoms with E-state index in [0.717, 1.165) is 6.26 Å². The molecule has 1 heterocycles. The zero-order valence-corrected chi connectivity index (χ0v) is 15.7. The first-order chi connectivity index (χ1) is 12.7. The minimum atomic E-state index is -3.41. The second-order valence-electron chi connectivity index (χ2n) is 5.70. The Morgan fingerprint density at radius 3 is 2.67 bits per heavy atom. The summed E-state index contributed by atoms with van der Waals surface area (Å²) in [4.78, 5) is 16.6. The first-order valence-corrected chi connectivity index (χ1v) is 10.5. The van der Waals surface area contributed by atoms with Crippen LogP contribution in [-0.4, -0.2) is 35.9 Å². The van der Waals surface area contributed by atoms with Crippen molar-refractivity contribution in [1.82, 2.24) is 9.55 Å². The van der Waals surface area contributed by atoms with Crippen molar-refractivity contribution in [3.63, 3.8) is 0 Å². The summed E-state index contributed by atoms with van der Waals surface area (Å²) in [6, 6.07) is 12.6. The normalized spacial score (nSPS) is 11.9. The fraction of sp³-hybridized carbons (Fsp3) is 0.176. The van der Waals surface area contributed by atoms with Crippen LogP contribution in [0.1, 0.15) is 0 Å². The highest BCUT2D eigenvalue weighted by Crippen LogP contribution is 2.28. The number of thioether (sulfide) groups is 1. The number of anilines is 1. The van der Waals surface area contributed by atoms with Crippen LogP contribution in [0.5, 0.6) is 0 Å². The number of carbonyl (C=O) groups excluding carboxylic acids is 1. The number of hydrogen-bond donors (Lipinski definition) is 1. The lowest BCUT2D eigenvalue weighted by Gasteiger charge is -2.10. The van der Waals surface area contributed by atoms with Crippen LogP contribution in [0.4, 0.5) is 14.5 Å². The summed E-state index contributed by atoms with van der Waals surface area (Å²) in [5.41, 5.74) is 1.36. The predicted molar refractivity (Wildman–Crippen MR) is 99.8 cm³/mol. The molecule has 3 aromatic rings. The van der Waals surface area contributed by atoms with E-state index in [4.69, 9.17) is 0 Å². The maximum Gasteiger partial charge on any atom is 0.291 e. The van der Waals surface area contributed by atoms with Gasteiger partial charge in [-0.1, -0.05) is 18.2 Å². The maximum atomic E-state index is 12.8. The molecule has 0 unspecified atom stereocenters. The lowest BCUT2D eigenvalue weighted by Crippen LogP contribution is -2.19. The SMILES string of the molecule is CS(=O)(=O)c1cccc(NC(=O)Cn2c(SC(F)F)nc3ccccc32)c1. The zero-order valence-electron chi connectivity index (χ0n) is 14.1. The highest BCUT2D eigenvalue weighted by Gasteiger charge is 2.18. The van der Waals surface area contributed by atoms with Crippen molar-refractivity contribution < 1.29 is 22.0 Å². The van der Waals surface area contributed by atoms with Gasteiger partial charge in [-0.25, -0.2) is 13.4 Å². The fourth-order valence-corrected chi connectivity index (χ4v) is 3.79. The molecule has 10 heteroatoms. The molecule has 6 nitrogen and oxygen atoms in total. The zero-order chi connectivity index (χ0) is 19.6. The van der Waals surface area contributed by atoms with Crippen LogP contribution in [-0.2, 0) is 21.2 Å². The van der Waals surface area contributed by atoms with Crippen LogP contribution >= 0.6 is 11.8 Å². The molecule has 0 aliphatic carbocycles. The lowest BCUT2D eigenvalue weighted by molar-refractivity contribution is -0.116. The van der Waals surface area contributed by atoms with Gasteiger partial charge in [0, 0.05) is 11.9 Å². The molecule has 0 saturated heterocycles. The maximum absolute atomic E-state index is 12.8. The average Bonchev–Trinajstić information content (AvgIpc) is 2.91. The van der Waals surface area contributed by atoms with E-state index in [1.807, 2.05) is 0 Å². The third-order valence-electron chi connectivity index (χ3n) is 3.66. The second-order valence-corrected chi connectivity index (χ2v) is 8.67. The van der Waals surface area contributed by atoms with E-state index in [1.165, 1.54) is 22.8 Å². The Balaban J connectivity index is 1.86. The van der Waals surface area contributed by atoms with Crippen molar-refractivity contribution in [3.05, 3.63) is 48.5 Å². The number of imidazole rings is 1. The number of sulfone groups is 1. The Labute approximate surface area is 158 Å².